The lowest BCUT2D eigenvalue weighted by atomic mass is 9.92. The van der Waals surface area contributed by atoms with Crippen LogP contribution in [0.4, 0.5) is 11.6 Å². The second-order valence-electron chi connectivity index (χ2n) is 6.46. The van der Waals surface area contributed by atoms with Crippen molar-refractivity contribution in [3.05, 3.63) is 11.9 Å². The lowest BCUT2D eigenvalue weighted by molar-refractivity contribution is 0.116. The van der Waals surface area contributed by atoms with E-state index in [2.05, 4.69) is 41.5 Å². The number of aromatic nitrogens is 2. The van der Waals surface area contributed by atoms with Gasteiger partial charge >= 0.3 is 0 Å². The van der Waals surface area contributed by atoms with Gasteiger partial charge in [-0.2, -0.15) is 0 Å². The van der Waals surface area contributed by atoms with E-state index in [9.17, 15) is 5.11 Å². The minimum Gasteiger partial charge on any atom is -0.391 e. The molecule has 6 nitrogen and oxygen atoms in total. The van der Waals surface area contributed by atoms with E-state index in [0.717, 1.165) is 31.5 Å². The van der Waals surface area contributed by atoms with Crippen LogP contribution in [0.25, 0.3) is 0 Å². The Morgan fingerprint density at radius 2 is 1.85 bits per heavy atom. The molecule has 0 aliphatic heterocycles. The van der Waals surface area contributed by atoms with Crippen molar-refractivity contribution in [2.75, 3.05) is 10.7 Å². The van der Waals surface area contributed by atoms with Gasteiger partial charge in [0.05, 0.1) is 12.1 Å². The second kappa shape index (κ2) is 5.93. The van der Waals surface area contributed by atoms with Crippen LogP contribution in [0.15, 0.2) is 6.07 Å². The molecule has 2 atom stereocenters. The van der Waals surface area contributed by atoms with Crippen LogP contribution >= 0.6 is 0 Å². The first-order valence-electron chi connectivity index (χ1n) is 7.21. The first kappa shape index (κ1) is 15.0. The van der Waals surface area contributed by atoms with Crippen LogP contribution < -0.4 is 16.6 Å². The molecule has 5 N–H and O–H groups in total. The van der Waals surface area contributed by atoms with Gasteiger partial charge in [-0.1, -0.05) is 33.6 Å². The zero-order valence-electron chi connectivity index (χ0n) is 12.5. The molecule has 0 spiro atoms. The summed E-state index contributed by atoms with van der Waals surface area (Å²) in [5.41, 5.74) is 2.42. The normalized spacial score (nSPS) is 23.4. The zero-order chi connectivity index (χ0) is 14.8. The number of hydrazine groups is 1. The van der Waals surface area contributed by atoms with Crippen molar-refractivity contribution in [1.82, 2.24) is 9.97 Å². The summed E-state index contributed by atoms with van der Waals surface area (Å²) in [4.78, 5) is 8.94. The molecule has 0 bridgehead atoms. The lowest BCUT2D eigenvalue weighted by Crippen LogP contribution is -2.36. The molecule has 0 aromatic carbocycles. The summed E-state index contributed by atoms with van der Waals surface area (Å²) in [7, 11) is 0. The van der Waals surface area contributed by atoms with Crippen molar-refractivity contribution in [3.63, 3.8) is 0 Å². The third-order valence-corrected chi connectivity index (χ3v) is 3.61. The van der Waals surface area contributed by atoms with E-state index in [4.69, 9.17) is 5.84 Å². The van der Waals surface area contributed by atoms with E-state index in [0.29, 0.717) is 11.6 Å². The quantitative estimate of drug-likeness (QED) is 0.497. The molecule has 6 heteroatoms. The summed E-state index contributed by atoms with van der Waals surface area (Å²) >= 11 is 0. The molecule has 2 unspecified atom stereocenters. The van der Waals surface area contributed by atoms with Crippen LogP contribution in [-0.4, -0.2) is 27.2 Å². The molecule has 1 fully saturated rings. The summed E-state index contributed by atoms with van der Waals surface area (Å²) in [5, 5.41) is 13.4. The van der Waals surface area contributed by atoms with Gasteiger partial charge in [0.1, 0.15) is 17.5 Å². The van der Waals surface area contributed by atoms with Gasteiger partial charge in [-0.15, -0.1) is 0 Å². The Morgan fingerprint density at radius 1 is 1.20 bits per heavy atom. The third-order valence-electron chi connectivity index (χ3n) is 3.61. The van der Waals surface area contributed by atoms with Crippen molar-refractivity contribution in [1.29, 1.82) is 0 Å². The molecule has 1 heterocycles. The molecular weight excluding hydrogens is 254 g/mol. The van der Waals surface area contributed by atoms with E-state index >= 15 is 0 Å². The predicted octanol–water partition coefficient (Wildman–Crippen LogP) is 1.78. The van der Waals surface area contributed by atoms with Gasteiger partial charge in [0.25, 0.3) is 0 Å². The Bertz CT molecular complexity index is 457. The molecular formula is C14H25N5O. The van der Waals surface area contributed by atoms with E-state index in [1.165, 1.54) is 0 Å². The fraction of sp³-hybridized carbons (Fsp3) is 0.714. The highest BCUT2D eigenvalue weighted by atomic mass is 16.3. The number of hydrogen-bond donors (Lipinski definition) is 4. The van der Waals surface area contributed by atoms with Gasteiger partial charge in [0, 0.05) is 11.5 Å². The van der Waals surface area contributed by atoms with Crippen molar-refractivity contribution in [2.24, 2.45) is 5.84 Å². The second-order valence-corrected chi connectivity index (χ2v) is 6.46. The number of hydrogen-bond acceptors (Lipinski definition) is 6. The minimum atomic E-state index is -0.314. The largest absolute Gasteiger partial charge is 0.391 e. The Kier molecular flexibility index (Phi) is 4.45. The Labute approximate surface area is 120 Å². The van der Waals surface area contributed by atoms with Crippen LogP contribution in [0, 0.1) is 0 Å². The summed E-state index contributed by atoms with van der Waals surface area (Å²) in [6.07, 6.45) is 3.71. The van der Waals surface area contributed by atoms with Crippen LogP contribution in [-0.2, 0) is 5.41 Å². The number of nitrogens with one attached hydrogen (secondary N) is 2. The van der Waals surface area contributed by atoms with Gasteiger partial charge < -0.3 is 15.8 Å². The van der Waals surface area contributed by atoms with Crippen molar-refractivity contribution < 1.29 is 5.11 Å². The minimum absolute atomic E-state index is 0.0529. The highest BCUT2D eigenvalue weighted by molar-refractivity contribution is 5.48. The SMILES string of the molecule is CC(C)(C)c1nc(NN)cc(NC2CCCCC2O)n1. The predicted molar refractivity (Wildman–Crippen MR) is 80.4 cm³/mol. The van der Waals surface area contributed by atoms with Gasteiger partial charge in [-0.05, 0) is 12.8 Å². The molecule has 20 heavy (non-hydrogen) atoms. The average molecular weight is 279 g/mol. The molecule has 0 saturated heterocycles. The van der Waals surface area contributed by atoms with Crippen molar-refractivity contribution >= 4 is 11.6 Å². The maximum atomic E-state index is 10.0. The monoisotopic (exact) mass is 279 g/mol. The topological polar surface area (TPSA) is 96.1 Å². The Balaban J connectivity index is 2.22. The van der Waals surface area contributed by atoms with Gasteiger partial charge in [0.15, 0.2) is 0 Å². The smallest absolute Gasteiger partial charge is 0.145 e. The summed E-state index contributed by atoms with van der Waals surface area (Å²) in [5.74, 6) is 7.49. The fourth-order valence-electron chi connectivity index (χ4n) is 2.40. The average Bonchev–Trinajstić information content (AvgIpc) is 2.40. The van der Waals surface area contributed by atoms with E-state index in [1.807, 2.05) is 0 Å². The standard InChI is InChI=1S/C14H25N5O/c1-14(2,3)13-17-11(8-12(18-13)19-15)16-9-6-4-5-7-10(9)20/h8-10,20H,4-7,15H2,1-3H3,(H2,16,17,18,19). The maximum Gasteiger partial charge on any atom is 0.145 e. The maximum absolute atomic E-state index is 10.0. The summed E-state index contributed by atoms with van der Waals surface area (Å²) in [6, 6.07) is 1.83. The van der Waals surface area contributed by atoms with E-state index in [1.54, 1.807) is 6.07 Å². The number of rotatable bonds is 3. The molecule has 2 rings (SSSR count). The van der Waals surface area contributed by atoms with E-state index in [-0.39, 0.29) is 17.6 Å². The Hall–Kier alpha value is -1.40. The molecule has 0 radical (unpaired) electrons. The van der Waals surface area contributed by atoms with Crippen LogP contribution in [0.2, 0.25) is 0 Å². The summed E-state index contributed by atoms with van der Waals surface area (Å²) in [6.45, 7) is 6.17. The van der Waals surface area contributed by atoms with Crippen molar-refractivity contribution in [3.8, 4) is 0 Å². The first-order chi connectivity index (χ1) is 9.40. The molecule has 112 valence electrons. The molecule has 1 saturated carbocycles. The number of aliphatic hydroxyl groups is 1. The number of nitrogen functional groups attached to an aromatic ring is 1. The first-order valence-corrected chi connectivity index (χ1v) is 7.21. The van der Waals surface area contributed by atoms with E-state index < -0.39 is 0 Å². The number of nitrogens with zero attached hydrogens (tertiary/aromatic N) is 2. The zero-order valence-corrected chi connectivity index (χ0v) is 12.5. The molecule has 1 aliphatic rings. The molecule has 1 aromatic heterocycles. The van der Waals surface area contributed by atoms with Crippen LogP contribution in [0.3, 0.4) is 0 Å². The highest BCUT2D eigenvalue weighted by Crippen LogP contribution is 2.25. The lowest BCUT2D eigenvalue weighted by Gasteiger charge is -2.29. The third kappa shape index (κ3) is 3.58. The number of aliphatic hydroxyl groups excluding tert-OH is 1. The van der Waals surface area contributed by atoms with Crippen LogP contribution in [0.1, 0.15) is 52.3 Å². The van der Waals surface area contributed by atoms with Gasteiger partial charge in [0.2, 0.25) is 0 Å². The van der Waals surface area contributed by atoms with Crippen LogP contribution in [0.5, 0.6) is 0 Å². The number of anilines is 2. The van der Waals surface area contributed by atoms with Gasteiger partial charge in [-0.25, -0.2) is 15.8 Å². The fourth-order valence-corrected chi connectivity index (χ4v) is 2.40. The van der Waals surface area contributed by atoms with Gasteiger partial charge in [-0.3, -0.25) is 0 Å². The molecule has 1 aliphatic carbocycles. The van der Waals surface area contributed by atoms with Crippen molar-refractivity contribution in [2.45, 2.75) is 64.0 Å². The molecule has 1 aromatic rings. The molecule has 0 amide bonds. The number of nitrogens with two attached hydrogens (primary N) is 1. The Morgan fingerprint density at radius 3 is 2.45 bits per heavy atom. The highest BCUT2D eigenvalue weighted by Gasteiger charge is 2.24. The summed E-state index contributed by atoms with van der Waals surface area (Å²) < 4.78 is 0.